The molecular formula is C19H27FN2O2. The summed E-state index contributed by atoms with van der Waals surface area (Å²) in [7, 11) is 1.69. The highest BCUT2D eigenvalue weighted by Gasteiger charge is 2.34. The topological polar surface area (TPSA) is 41.6 Å². The van der Waals surface area contributed by atoms with Crippen LogP contribution in [0.15, 0.2) is 24.3 Å². The van der Waals surface area contributed by atoms with Crippen molar-refractivity contribution in [2.75, 3.05) is 33.3 Å². The van der Waals surface area contributed by atoms with Crippen LogP contribution < -0.4 is 5.32 Å². The fourth-order valence-corrected chi connectivity index (χ4v) is 3.94. The van der Waals surface area contributed by atoms with Crippen LogP contribution in [0, 0.1) is 17.7 Å². The third-order valence-corrected chi connectivity index (χ3v) is 5.44. The van der Waals surface area contributed by atoms with Gasteiger partial charge in [-0.1, -0.05) is 18.2 Å². The quantitative estimate of drug-likeness (QED) is 0.918. The number of carbonyl (C=O) groups excluding carboxylic acids is 1. The molecule has 1 aromatic carbocycles. The minimum absolute atomic E-state index is 0.0241. The number of nitrogens with one attached hydrogen (secondary N) is 1. The van der Waals surface area contributed by atoms with Crippen LogP contribution in [0.4, 0.5) is 4.39 Å². The first-order valence-electron chi connectivity index (χ1n) is 8.94. The molecular weight excluding hydrogens is 307 g/mol. The molecule has 2 saturated heterocycles. The van der Waals surface area contributed by atoms with Gasteiger partial charge in [-0.3, -0.25) is 4.79 Å². The summed E-state index contributed by atoms with van der Waals surface area (Å²) in [6.45, 7) is 3.22. The summed E-state index contributed by atoms with van der Waals surface area (Å²) in [6, 6.07) is 6.93. The smallest absolute Gasteiger partial charge is 0.225 e. The number of halogens is 1. The van der Waals surface area contributed by atoms with E-state index in [-0.39, 0.29) is 29.7 Å². The molecule has 2 fully saturated rings. The van der Waals surface area contributed by atoms with Crippen LogP contribution >= 0.6 is 0 Å². The number of methoxy groups -OCH3 is 1. The number of piperidine rings is 2. The standard InChI is InChI=1S/C19H27FN2O2/c1-24-18-13-22(19(23)14-6-9-21-10-7-14)11-8-16(18)12-15-4-2-3-5-17(15)20/h2-5,14,16,18,21H,6-13H2,1H3/t16-,18-/m1/s1. The highest BCUT2D eigenvalue weighted by molar-refractivity contribution is 5.79. The van der Waals surface area contributed by atoms with Crippen LogP contribution in [0.2, 0.25) is 0 Å². The molecule has 0 saturated carbocycles. The molecule has 24 heavy (non-hydrogen) atoms. The third kappa shape index (κ3) is 3.95. The number of hydrogen-bond acceptors (Lipinski definition) is 3. The van der Waals surface area contributed by atoms with Gasteiger partial charge in [0.15, 0.2) is 0 Å². The molecule has 2 aliphatic rings. The second-order valence-corrected chi connectivity index (χ2v) is 6.93. The number of carbonyl (C=O) groups is 1. The number of likely N-dealkylation sites (tertiary alicyclic amines) is 1. The van der Waals surface area contributed by atoms with Crippen LogP contribution in [-0.4, -0.2) is 50.2 Å². The van der Waals surface area contributed by atoms with Crippen molar-refractivity contribution in [2.45, 2.75) is 31.8 Å². The Hall–Kier alpha value is -1.46. The van der Waals surface area contributed by atoms with E-state index < -0.39 is 0 Å². The van der Waals surface area contributed by atoms with Crippen LogP contribution in [0.3, 0.4) is 0 Å². The van der Waals surface area contributed by atoms with E-state index in [1.165, 1.54) is 6.07 Å². The summed E-state index contributed by atoms with van der Waals surface area (Å²) in [6.07, 6.45) is 3.35. The molecule has 132 valence electrons. The van der Waals surface area contributed by atoms with Crippen LogP contribution in [0.1, 0.15) is 24.8 Å². The van der Waals surface area contributed by atoms with Crippen molar-refractivity contribution in [1.29, 1.82) is 0 Å². The van der Waals surface area contributed by atoms with Gasteiger partial charge in [-0.2, -0.15) is 0 Å². The monoisotopic (exact) mass is 334 g/mol. The molecule has 3 rings (SSSR count). The summed E-state index contributed by atoms with van der Waals surface area (Å²) in [5, 5.41) is 3.30. The first kappa shape index (κ1) is 17.4. The zero-order valence-corrected chi connectivity index (χ0v) is 14.3. The first-order valence-corrected chi connectivity index (χ1v) is 8.94. The molecule has 1 N–H and O–H groups in total. The lowest BCUT2D eigenvalue weighted by atomic mass is 9.86. The number of rotatable bonds is 4. The predicted molar refractivity (Wildman–Crippen MR) is 91.2 cm³/mol. The molecule has 2 aliphatic heterocycles. The highest BCUT2D eigenvalue weighted by atomic mass is 19.1. The lowest BCUT2D eigenvalue weighted by Gasteiger charge is -2.40. The van der Waals surface area contributed by atoms with Gasteiger partial charge in [-0.15, -0.1) is 0 Å². The molecule has 0 spiro atoms. The van der Waals surface area contributed by atoms with Gasteiger partial charge in [0.1, 0.15) is 5.82 Å². The summed E-state index contributed by atoms with van der Waals surface area (Å²) in [4.78, 5) is 14.7. The minimum atomic E-state index is -0.152. The number of ether oxygens (including phenoxy) is 1. The largest absolute Gasteiger partial charge is 0.379 e. The van der Waals surface area contributed by atoms with Crippen molar-refractivity contribution in [2.24, 2.45) is 11.8 Å². The molecule has 5 heteroatoms. The Balaban J connectivity index is 1.61. The fourth-order valence-electron chi connectivity index (χ4n) is 3.94. The Bertz CT molecular complexity index is 560. The fraction of sp³-hybridized carbons (Fsp3) is 0.632. The predicted octanol–water partition coefficient (Wildman–Crippen LogP) is 2.23. The highest BCUT2D eigenvalue weighted by Crippen LogP contribution is 2.27. The number of nitrogens with zero attached hydrogens (tertiary/aromatic N) is 1. The van der Waals surface area contributed by atoms with Crippen molar-refractivity contribution in [3.63, 3.8) is 0 Å². The maximum atomic E-state index is 13.9. The van der Waals surface area contributed by atoms with E-state index >= 15 is 0 Å². The van der Waals surface area contributed by atoms with Gasteiger partial charge in [-0.25, -0.2) is 4.39 Å². The number of hydrogen-bond donors (Lipinski definition) is 1. The first-order chi connectivity index (χ1) is 11.7. The molecule has 0 radical (unpaired) electrons. The molecule has 4 nitrogen and oxygen atoms in total. The summed E-state index contributed by atoms with van der Waals surface area (Å²) in [5.74, 6) is 0.513. The summed E-state index contributed by atoms with van der Waals surface area (Å²) >= 11 is 0. The van der Waals surface area contributed by atoms with E-state index in [2.05, 4.69) is 5.32 Å². The zero-order valence-electron chi connectivity index (χ0n) is 14.3. The van der Waals surface area contributed by atoms with E-state index in [0.29, 0.717) is 13.0 Å². The Morgan fingerprint density at radius 1 is 1.29 bits per heavy atom. The van der Waals surface area contributed by atoms with E-state index in [9.17, 15) is 9.18 Å². The Kier molecular flexibility index (Phi) is 5.85. The third-order valence-electron chi connectivity index (χ3n) is 5.44. The Morgan fingerprint density at radius 2 is 2.04 bits per heavy atom. The average molecular weight is 334 g/mol. The van der Waals surface area contributed by atoms with E-state index in [1.807, 2.05) is 17.0 Å². The molecule has 0 bridgehead atoms. The van der Waals surface area contributed by atoms with Gasteiger partial charge in [-0.05, 0) is 56.3 Å². The normalized spacial score (nSPS) is 25.7. The zero-order chi connectivity index (χ0) is 16.9. The van der Waals surface area contributed by atoms with Crippen molar-refractivity contribution in [1.82, 2.24) is 10.2 Å². The number of amides is 1. The van der Waals surface area contributed by atoms with Crippen molar-refractivity contribution < 1.29 is 13.9 Å². The maximum absolute atomic E-state index is 13.9. The summed E-state index contributed by atoms with van der Waals surface area (Å²) < 4.78 is 19.6. The molecule has 0 unspecified atom stereocenters. The van der Waals surface area contributed by atoms with Gasteiger partial charge in [0.2, 0.25) is 5.91 Å². The summed E-state index contributed by atoms with van der Waals surface area (Å²) in [5.41, 5.74) is 0.739. The van der Waals surface area contributed by atoms with Crippen molar-refractivity contribution >= 4 is 5.91 Å². The molecule has 0 aromatic heterocycles. The molecule has 1 amide bonds. The van der Waals surface area contributed by atoms with E-state index in [4.69, 9.17) is 4.74 Å². The molecule has 2 heterocycles. The Morgan fingerprint density at radius 3 is 2.75 bits per heavy atom. The van der Waals surface area contributed by atoms with Crippen LogP contribution in [0.5, 0.6) is 0 Å². The van der Waals surface area contributed by atoms with Gasteiger partial charge in [0.05, 0.1) is 6.10 Å². The lowest BCUT2D eigenvalue weighted by molar-refractivity contribution is -0.141. The molecule has 2 atom stereocenters. The van der Waals surface area contributed by atoms with Gasteiger partial charge < -0.3 is 15.0 Å². The Labute approximate surface area is 143 Å². The molecule has 0 aliphatic carbocycles. The van der Waals surface area contributed by atoms with Crippen LogP contribution in [-0.2, 0) is 16.0 Å². The second-order valence-electron chi connectivity index (χ2n) is 6.93. The van der Waals surface area contributed by atoms with Gasteiger partial charge in [0.25, 0.3) is 0 Å². The van der Waals surface area contributed by atoms with E-state index in [1.54, 1.807) is 13.2 Å². The van der Waals surface area contributed by atoms with Crippen LogP contribution in [0.25, 0.3) is 0 Å². The minimum Gasteiger partial charge on any atom is -0.379 e. The second kappa shape index (κ2) is 8.08. The SMILES string of the molecule is CO[C@@H]1CN(C(=O)C2CCNCC2)CC[C@@H]1Cc1ccccc1F. The van der Waals surface area contributed by atoms with E-state index in [0.717, 1.165) is 44.5 Å². The lowest BCUT2D eigenvalue weighted by Crippen LogP contribution is -2.50. The van der Waals surface area contributed by atoms with Crippen molar-refractivity contribution in [3.8, 4) is 0 Å². The van der Waals surface area contributed by atoms with Crippen molar-refractivity contribution in [3.05, 3.63) is 35.6 Å². The maximum Gasteiger partial charge on any atom is 0.225 e. The average Bonchev–Trinajstić information content (AvgIpc) is 2.64. The van der Waals surface area contributed by atoms with Gasteiger partial charge in [0, 0.05) is 26.1 Å². The molecule has 1 aromatic rings. The number of benzene rings is 1. The van der Waals surface area contributed by atoms with Gasteiger partial charge >= 0.3 is 0 Å².